The molecule has 4 nitrogen and oxygen atoms in total. The predicted octanol–water partition coefficient (Wildman–Crippen LogP) is 2.05. The van der Waals surface area contributed by atoms with Crippen LogP contribution in [0.5, 0.6) is 0 Å². The Bertz CT molecular complexity index is 657. The smallest absolute Gasteiger partial charge is 0.241 e. The fourth-order valence-electron chi connectivity index (χ4n) is 1.82. The second-order valence-electron chi connectivity index (χ2n) is 4.04. The van der Waals surface area contributed by atoms with E-state index in [0.29, 0.717) is 10.7 Å². The number of hydrogen-bond donors (Lipinski definition) is 0. The van der Waals surface area contributed by atoms with E-state index in [1.54, 1.807) is 26.0 Å². The molecule has 0 saturated carbocycles. The zero-order valence-corrected chi connectivity index (χ0v) is 10.8. The van der Waals surface area contributed by atoms with E-state index in [9.17, 15) is 8.42 Å². The van der Waals surface area contributed by atoms with Gasteiger partial charge in [0.15, 0.2) is 0 Å². The first kappa shape index (κ1) is 11.9. The molecule has 1 aromatic heterocycles. The molecule has 0 aliphatic carbocycles. The van der Waals surface area contributed by atoms with E-state index in [0.717, 1.165) is 11.1 Å². The molecule has 0 radical (unpaired) electrons. The fourth-order valence-corrected chi connectivity index (χ4v) is 3.34. The van der Waals surface area contributed by atoms with Gasteiger partial charge in [0, 0.05) is 12.4 Å². The summed E-state index contributed by atoms with van der Waals surface area (Å²) in [6.07, 6.45) is 2.94. The first-order valence-electron chi connectivity index (χ1n) is 5.26. The van der Waals surface area contributed by atoms with E-state index in [2.05, 4.69) is 4.98 Å². The average Bonchev–Trinajstić information content (AvgIpc) is 2.64. The van der Waals surface area contributed by atoms with Crippen molar-refractivity contribution in [3.05, 3.63) is 47.5 Å². The van der Waals surface area contributed by atoms with Crippen LogP contribution in [0.2, 0.25) is 0 Å². The Hall–Kier alpha value is -1.62. The molecular weight excluding hydrogens is 236 g/mol. The van der Waals surface area contributed by atoms with Crippen LogP contribution in [0, 0.1) is 20.8 Å². The Morgan fingerprint density at radius 1 is 1.18 bits per heavy atom. The largest absolute Gasteiger partial charge is 0.269 e. The lowest BCUT2D eigenvalue weighted by atomic mass is 10.2. The normalized spacial score (nSPS) is 11.7. The van der Waals surface area contributed by atoms with Crippen molar-refractivity contribution in [3.8, 4) is 0 Å². The summed E-state index contributed by atoms with van der Waals surface area (Å²) in [5, 5.41) is 0. The third-order valence-corrected chi connectivity index (χ3v) is 4.57. The number of aryl methyl sites for hydroxylation is 3. The van der Waals surface area contributed by atoms with Crippen molar-refractivity contribution in [1.82, 2.24) is 8.96 Å². The Labute approximate surface area is 101 Å². The number of aromatic nitrogens is 2. The standard InChI is InChI=1S/C12H14N2O2S/c1-9-4-5-12(10(2)8-9)17(15,16)14-7-6-13-11(14)3/h4-8H,1-3H3. The third kappa shape index (κ3) is 1.98. The lowest BCUT2D eigenvalue weighted by molar-refractivity contribution is 0.585. The number of nitrogens with zero attached hydrogens (tertiary/aromatic N) is 2. The van der Waals surface area contributed by atoms with Crippen molar-refractivity contribution < 1.29 is 8.42 Å². The maximum absolute atomic E-state index is 12.4. The van der Waals surface area contributed by atoms with Gasteiger partial charge in [-0.05, 0) is 32.4 Å². The lowest BCUT2D eigenvalue weighted by Crippen LogP contribution is -2.14. The maximum Gasteiger partial charge on any atom is 0.269 e. The number of rotatable bonds is 2. The van der Waals surface area contributed by atoms with Crippen molar-refractivity contribution in [3.63, 3.8) is 0 Å². The van der Waals surface area contributed by atoms with Gasteiger partial charge in [0.2, 0.25) is 0 Å². The second-order valence-corrected chi connectivity index (χ2v) is 5.83. The lowest BCUT2D eigenvalue weighted by Gasteiger charge is -2.10. The molecule has 0 spiro atoms. The molecule has 17 heavy (non-hydrogen) atoms. The molecule has 0 fully saturated rings. The molecule has 0 N–H and O–H groups in total. The van der Waals surface area contributed by atoms with Crippen LogP contribution in [0.25, 0.3) is 0 Å². The summed E-state index contributed by atoms with van der Waals surface area (Å²) < 4.78 is 25.9. The number of hydrogen-bond acceptors (Lipinski definition) is 3. The monoisotopic (exact) mass is 250 g/mol. The molecule has 0 saturated heterocycles. The van der Waals surface area contributed by atoms with Crippen molar-refractivity contribution in [2.45, 2.75) is 25.7 Å². The summed E-state index contributed by atoms with van der Waals surface area (Å²) >= 11 is 0. The number of imidazole rings is 1. The van der Waals surface area contributed by atoms with Crippen molar-refractivity contribution in [2.75, 3.05) is 0 Å². The van der Waals surface area contributed by atoms with Crippen LogP contribution < -0.4 is 0 Å². The number of benzene rings is 1. The molecule has 0 bridgehead atoms. The zero-order valence-electron chi connectivity index (χ0n) is 10.0. The molecule has 90 valence electrons. The molecule has 0 atom stereocenters. The SMILES string of the molecule is Cc1ccc(S(=O)(=O)n2ccnc2C)c(C)c1. The van der Waals surface area contributed by atoms with E-state index < -0.39 is 10.0 Å². The first-order valence-corrected chi connectivity index (χ1v) is 6.70. The van der Waals surface area contributed by atoms with E-state index in [1.165, 1.54) is 16.4 Å². The topological polar surface area (TPSA) is 52.0 Å². The molecule has 0 aliphatic rings. The first-order chi connectivity index (χ1) is 7.93. The van der Waals surface area contributed by atoms with Gasteiger partial charge in [-0.3, -0.25) is 0 Å². The predicted molar refractivity (Wildman–Crippen MR) is 65.5 cm³/mol. The highest BCUT2D eigenvalue weighted by molar-refractivity contribution is 7.90. The molecule has 5 heteroatoms. The summed E-state index contributed by atoms with van der Waals surface area (Å²) in [6, 6.07) is 5.30. The molecule has 0 unspecified atom stereocenters. The minimum Gasteiger partial charge on any atom is -0.241 e. The van der Waals surface area contributed by atoms with Gasteiger partial charge in [0.25, 0.3) is 10.0 Å². The van der Waals surface area contributed by atoms with Gasteiger partial charge < -0.3 is 0 Å². The average molecular weight is 250 g/mol. The van der Waals surface area contributed by atoms with Crippen LogP contribution in [0.1, 0.15) is 17.0 Å². The molecular formula is C12H14N2O2S. The van der Waals surface area contributed by atoms with Crippen LogP contribution in [-0.4, -0.2) is 17.4 Å². The second kappa shape index (κ2) is 4.00. The quantitative estimate of drug-likeness (QED) is 0.819. The van der Waals surface area contributed by atoms with Gasteiger partial charge in [-0.1, -0.05) is 17.7 Å². The van der Waals surface area contributed by atoms with Crippen molar-refractivity contribution in [1.29, 1.82) is 0 Å². The summed E-state index contributed by atoms with van der Waals surface area (Å²) in [7, 11) is -3.52. The van der Waals surface area contributed by atoms with E-state index in [1.807, 2.05) is 13.0 Å². The Morgan fingerprint density at radius 3 is 2.41 bits per heavy atom. The van der Waals surface area contributed by atoms with Crippen LogP contribution in [-0.2, 0) is 10.0 Å². The zero-order chi connectivity index (χ0) is 12.6. The highest BCUT2D eigenvalue weighted by Gasteiger charge is 2.20. The van der Waals surface area contributed by atoms with Crippen LogP contribution in [0.3, 0.4) is 0 Å². The van der Waals surface area contributed by atoms with E-state index in [4.69, 9.17) is 0 Å². The van der Waals surface area contributed by atoms with Gasteiger partial charge in [0.05, 0.1) is 4.90 Å². The fraction of sp³-hybridized carbons (Fsp3) is 0.250. The summed E-state index contributed by atoms with van der Waals surface area (Å²) in [5.41, 5.74) is 1.79. The Morgan fingerprint density at radius 2 is 1.88 bits per heavy atom. The van der Waals surface area contributed by atoms with Crippen molar-refractivity contribution in [2.24, 2.45) is 0 Å². The van der Waals surface area contributed by atoms with Gasteiger partial charge in [-0.25, -0.2) is 17.4 Å². The molecule has 1 heterocycles. The van der Waals surface area contributed by atoms with Crippen molar-refractivity contribution >= 4 is 10.0 Å². The van der Waals surface area contributed by atoms with Gasteiger partial charge in [-0.2, -0.15) is 0 Å². The van der Waals surface area contributed by atoms with E-state index in [-0.39, 0.29) is 0 Å². The van der Waals surface area contributed by atoms with Crippen LogP contribution in [0.15, 0.2) is 35.5 Å². The maximum atomic E-state index is 12.4. The van der Waals surface area contributed by atoms with Gasteiger partial charge in [0.1, 0.15) is 5.82 Å². The Kier molecular flexibility index (Phi) is 2.79. The molecule has 0 aliphatic heterocycles. The Balaban J connectivity index is 2.65. The molecule has 2 aromatic rings. The molecule has 1 aromatic carbocycles. The highest BCUT2D eigenvalue weighted by atomic mass is 32.2. The summed E-state index contributed by atoms with van der Waals surface area (Å²) in [4.78, 5) is 4.26. The van der Waals surface area contributed by atoms with Crippen LogP contribution >= 0.6 is 0 Å². The summed E-state index contributed by atoms with van der Waals surface area (Å²) in [5.74, 6) is 0.463. The van der Waals surface area contributed by atoms with E-state index >= 15 is 0 Å². The summed E-state index contributed by atoms with van der Waals surface area (Å²) in [6.45, 7) is 5.40. The van der Waals surface area contributed by atoms with Gasteiger partial charge in [-0.15, -0.1) is 0 Å². The molecule has 0 amide bonds. The van der Waals surface area contributed by atoms with Gasteiger partial charge >= 0.3 is 0 Å². The molecule has 2 rings (SSSR count). The third-order valence-electron chi connectivity index (χ3n) is 2.65. The highest BCUT2D eigenvalue weighted by Crippen LogP contribution is 2.20. The minimum absolute atomic E-state index is 0.323. The minimum atomic E-state index is -3.52. The van der Waals surface area contributed by atoms with Crippen LogP contribution in [0.4, 0.5) is 0 Å².